The summed E-state index contributed by atoms with van der Waals surface area (Å²) in [5.41, 5.74) is 20.3. The molecule has 1 aliphatic rings. The van der Waals surface area contributed by atoms with E-state index in [0.717, 1.165) is 22.7 Å². The van der Waals surface area contributed by atoms with E-state index in [4.69, 9.17) is 15.9 Å². The van der Waals surface area contributed by atoms with Gasteiger partial charge in [-0.15, -0.1) is 0 Å². The number of hydrogen-bond donors (Lipinski definition) is 2. The van der Waals surface area contributed by atoms with Crippen molar-refractivity contribution in [3.05, 3.63) is 41.0 Å². The fourth-order valence-corrected chi connectivity index (χ4v) is 4.25. The Hall–Kier alpha value is -1.94. The molecule has 0 saturated heterocycles. The number of rotatable bonds is 2. The Labute approximate surface area is 146 Å². The normalized spacial score (nSPS) is 16.2. The second kappa shape index (κ2) is 5.55. The lowest BCUT2D eigenvalue weighted by molar-refractivity contribution is 0.558. The molecule has 0 aromatic heterocycles. The third-order valence-electron chi connectivity index (χ3n) is 4.74. The van der Waals surface area contributed by atoms with Gasteiger partial charge in [0.05, 0.1) is 5.69 Å². The van der Waals surface area contributed by atoms with Crippen molar-refractivity contribution in [2.45, 2.75) is 52.1 Å². The predicted molar refractivity (Wildman–Crippen MR) is 105 cm³/mol. The van der Waals surface area contributed by atoms with Crippen LogP contribution in [0.5, 0.6) is 5.75 Å². The van der Waals surface area contributed by atoms with Crippen molar-refractivity contribution in [3.63, 3.8) is 0 Å². The van der Waals surface area contributed by atoms with Gasteiger partial charge in [-0.3, -0.25) is 0 Å². The zero-order valence-electron chi connectivity index (χ0n) is 15.4. The molecule has 3 nitrogen and oxygen atoms in total. The van der Waals surface area contributed by atoms with E-state index in [1.165, 1.54) is 22.3 Å². The molecule has 3 rings (SSSR count). The van der Waals surface area contributed by atoms with Gasteiger partial charge in [0.1, 0.15) is 5.75 Å². The van der Waals surface area contributed by atoms with Gasteiger partial charge < -0.3 is 15.9 Å². The summed E-state index contributed by atoms with van der Waals surface area (Å²) in [6, 6.07) is 8.45. The average molecular weight is 340 g/mol. The van der Waals surface area contributed by atoms with Crippen molar-refractivity contribution in [1.29, 1.82) is 0 Å². The Kier molecular flexibility index (Phi) is 3.91. The molecule has 0 bridgehead atoms. The largest absolute Gasteiger partial charge is 0.541 e. The maximum atomic E-state index is 6.58. The highest BCUT2D eigenvalue weighted by Crippen LogP contribution is 2.53. The molecule has 2 aromatic carbocycles. The van der Waals surface area contributed by atoms with Crippen LogP contribution in [0.3, 0.4) is 0 Å². The molecule has 0 fully saturated rings. The first kappa shape index (κ1) is 16.9. The number of nitrogen functional groups attached to an aromatic ring is 2. The molecule has 4 N–H and O–H groups in total. The van der Waals surface area contributed by atoms with Gasteiger partial charge in [-0.25, -0.2) is 0 Å². The number of nitrogens with two attached hydrogens (primary N) is 2. The van der Waals surface area contributed by atoms with E-state index in [1.807, 2.05) is 6.07 Å². The summed E-state index contributed by atoms with van der Waals surface area (Å²) in [7, 11) is -0.914. The van der Waals surface area contributed by atoms with Crippen molar-refractivity contribution in [2.24, 2.45) is 0 Å². The fraction of sp³-hybridized carbons (Fsp3) is 0.400. The quantitative estimate of drug-likeness (QED) is 0.603. The molecule has 1 aliphatic carbocycles. The van der Waals surface area contributed by atoms with E-state index in [9.17, 15) is 0 Å². The van der Waals surface area contributed by atoms with Gasteiger partial charge in [0.15, 0.2) is 0 Å². The number of fused-ring (bicyclic) bond motifs is 3. The molecule has 0 saturated carbocycles. The van der Waals surface area contributed by atoms with Crippen LogP contribution in [0, 0.1) is 0 Å². The minimum absolute atomic E-state index is 0.0363. The molecule has 0 aliphatic heterocycles. The van der Waals surface area contributed by atoms with Gasteiger partial charge >= 0.3 is 0 Å². The molecule has 24 heavy (non-hydrogen) atoms. The first-order valence-electron chi connectivity index (χ1n) is 8.46. The third kappa shape index (κ3) is 2.59. The summed E-state index contributed by atoms with van der Waals surface area (Å²) in [5, 5.41) is 0. The maximum absolute atomic E-state index is 6.58. The second-order valence-corrected chi connectivity index (χ2v) is 9.98. The number of anilines is 2. The van der Waals surface area contributed by atoms with E-state index < -0.39 is 9.04 Å². The van der Waals surface area contributed by atoms with Crippen LogP contribution in [0.15, 0.2) is 24.3 Å². The SMILES string of the molecule is CC1c2cc(N)ccc2-c2cc(C(C)(C)C)c(N)c(O[Si](C)C)c21. The Bertz CT molecular complexity index is 806. The lowest BCUT2D eigenvalue weighted by Crippen LogP contribution is -2.19. The summed E-state index contributed by atoms with van der Waals surface area (Å²) >= 11 is 0. The summed E-state index contributed by atoms with van der Waals surface area (Å²) < 4.78 is 6.30. The van der Waals surface area contributed by atoms with E-state index in [1.54, 1.807) is 0 Å². The lowest BCUT2D eigenvalue weighted by Gasteiger charge is -2.27. The smallest absolute Gasteiger partial charge is 0.274 e. The topological polar surface area (TPSA) is 61.3 Å². The molecule has 127 valence electrons. The highest BCUT2D eigenvalue weighted by Gasteiger charge is 2.33. The molecule has 0 spiro atoms. The zero-order chi connectivity index (χ0) is 17.8. The van der Waals surface area contributed by atoms with Gasteiger partial charge in [-0.2, -0.15) is 0 Å². The Morgan fingerprint density at radius 3 is 2.29 bits per heavy atom. The van der Waals surface area contributed by atoms with E-state index in [-0.39, 0.29) is 11.3 Å². The molecule has 1 atom stereocenters. The van der Waals surface area contributed by atoms with Crippen LogP contribution in [0.25, 0.3) is 11.1 Å². The van der Waals surface area contributed by atoms with Gasteiger partial charge in [0.2, 0.25) is 0 Å². The van der Waals surface area contributed by atoms with Crippen LogP contribution < -0.4 is 15.9 Å². The van der Waals surface area contributed by atoms with Crippen LogP contribution >= 0.6 is 0 Å². The lowest BCUT2D eigenvalue weighted by atomic mass is 9.82. The number of benzene rings is 2. The average Bonchev–Trinajstić information content (AvgIpc) is 2.73. The van der Waals surface area contributed by atoms with E-state index in [2.05, 4.69) is 59.0 Å². The predicted octanol–water partition coefficient (Wildman–Crippen LogP) is 4.91. The van der Waals surface area contributed by atoms with Crippen molar-refractivity contribution in [1.82, 2.24) is 0 Å². The van der Waals surface area contributed by atoms with Crippen molar-refractivity contribution < 1.29 is 4.43 Å². The van der Waals surface area contributed by atoms with Crippen LogP contribution in [0.2, 0.25) is 13.1 Å². The molecule has 1 unspecified atom stereocenters. The summed E-state index contributed by atoms with van der Waals surface area (Å²) in [6.45, 7) is 13.1. The van der Waals surface area contributed by atoms with Crippen LogP contribution in [0.4, 0.5) is 11.4 Å². The molecular weight excluding hydrogens is 312 g/mol. The Morgan fingerprint density at radius 2 is 1.71 bits per heavy atom. The molecule has 1 radical (unpaired) electrons. The summed E-state index contributed by atoms with van der Waals surface area (Å²) in [4.78, 5) is 0. The first-order valence-corrected chi connectivity index (χ1v) is 10.9. The van der Waals surface area contributed by atoms with Crippen molar-refractivity contribution >= 4 is 20.4 Å². The highest BCUT2D eigenvalue weighted by molar-refractivity contribution is 6.49. The number of hydrogen-bond acceptors (Lipinski definition) is 3. The Balaban J connectivity index is 2.34. The zero-order valence-corrected chi connectivity index (χ0v) is 16.4. The standard InChI is InChI=1S/C20H27N2OSi/c1-11-14-9-12(21)7-8-13(14)15-10-16(20(2,3)4)18(22)19(17(11)15)23-24(5)6/h7-11H,21-22H2,1-6H3. The third-order valence-corrected chi connectivity index (χ3v) is 5.35. The van der Waals surface area contributed by atoms with Gasteiger partial charge in [0, 0.05) is 17.2 Å². The maximum Gasteiger partial charge on any atom is 0.274 e. The van der Waals surface area contributed by atoms with E-state index >= 15 is 0 Å². The van der Waals surface area contributed by atoms with Crippen LogP contribution in [-0.4, -0.2) is 9.04 Å². The highest BCUT2D eigenvalue weighted by atomic mass is 28.3. The minimum Gasteiger partial charge on any atom is -0.541 e. The molecule has 4 heteroatoms. The second-order valence-electron chi connectivity index (χ2n) is 7.96. The molecule has 0 heterocycles. The first-order chi connectivity index (χ1) is 11.1. The van der Waals surface area contributed by atoms with E-state index in [0.29, 0.717) is 0 Å². The van der Waals surface area contributed by atoms with Crippen molar-refractivity contribution in [2.75, 3.05) is 11.5 Å². The summed E-state index contributed by atoms with van der Waals surface area (Å²) in [5.74, 6) is 1.13. The molecule has 0 amide bonds. The van der Waals surface area contributed by atoms with Crippen LogP contribution in [0.1, 0.15) is 50.3 Å². The molecule has 2 aromatic rings. The van der Waals surface area contributed by atoms with Crippen molar-refractivity contribution in [3.8, 4) is 16.9 Å². The minimum atomic E-state index is -0.914. The van der Waals surface area contributed by atoms with Crippen LogP contribution in [-0.2, 0) is 5.41 Å². The van der Waals surface area contributed by atoms with Gasteiger partial charge in [-0.1, -0.05) is 33.8 Å². The fourth-order valence-electron chi connectivity index (χ4n) is 3.62. The van der Waals surface area contributed by atoms with Gasteiger partial charge in [0.25, 0.3) is 9.04 Å². The monoisotopic (exact) mass is 339 g/mol. The van der Waals surface area contributed by atoms with Gasteiger partial charge in [-0.05, 0) is 59.0 Å². The Morgan fingerprint density at radius 1 is 1.04 bits per heavy atom. The molecular formula is C20H27N2OSi. The summed E-state index contributed by atoms with van der Waals surface area (Å²) in [6.07, 6.45) is 0.